The minimum absolute atomic E-state index is 0.0297. The molecule has 2 N–H and O–H groups in total. The molecule has 0 unspecified atom stereocenters. The number of aromatic nitrogens is 4. The van der Waals surface area contributed by atoms with E-state index in [0.717, 1.165) is 5.56 Å². The predicted octanol–water partition coefficient (Wildman–Crippen LogP) is 3.42. The third-order valence-electron chi connectivity index (χ3n) is 4.69. The molecule has 0 saturated heterocycles. The number of hydrogen-bond acceptors (Lipinski definition) is 5. The molecule has 0 aliphatic heterocycles. The first kappa shape index (κ1) is 18.6. The van der Waals surface area contributed by atoms with Crippen LogP contribution in [0.25, 0.3) is 17.2 Å². The molecule has 0 saturated carbocycles. The second-order valence-electron chi connectivity index (χ2n) is 7.10. The number of pyridine rings is 2. The van der Waals surface area contributed by atoms with Gasteiger partial charge < -0.3 is 10.6 Å². The second-order valence-corrected chi connectivity index (χ2v) is 7.10. The Bertz CT molecular complexity index is 1140. The second kappa shape index (κ2) is 7.71. The predicted molar refractivity (Wildman–Crippen MR) is 112 cm³/mol. The lowest BCUT2D eigenvalue weighted by Crippen LogP contribution is -2.36. The van der Waals surface area contributed by atoms with Crippen LogP contribution in [0.3, 0.4) is 0 Å². The molecule has 146 valence electrons. The number of anilines is 1. The van der Waals surface area contributed by atoms with E-state index >= 15 is 0 Å². The van der Waals surface area contributed by atoms with Crippen LogP contribution in [-0.2, 0) is 6.54 Å². The van der Waals surface area contributed by atoms with E-state index < -0.39 is 0 Å². The van der Waals surface area contributed by atoms with Crippen LogP contribution >= 0.6 is 0 Å². The van der Waals surface area contributed by atoms with Crippen molar-refractivity contribution >= 4 is 17.4 Å². The van der Waals surface area contributed by atoms with Gasteiger partial charge in [0.25, 0.3) is 5.91 Å². The van der Waals surface area contributed by atoms with Gasteiger partial charge in [0.2, 0.25) is 5.82 Å². The molecule has 0 atom stereocenters. The van der Waals surface area contributed by atoms with Gasteiger partial charge in [0, 0.05) is 24.3 Å². The molecular formula is C22H22N6O. The van der Waals surface area contributed by atoms with Crippen LogP contribution in [0.15, 0.2) is 66.9 Å². The number of nitrogens with zero attached hydrogens (tertiary/aromatic N) is 5. The van der Waals surface area contributed by atoms with Crippen molar-refractivity contribution in [2.24, 2.45) is 0 Å². The van der Waals surface area contributed by atoms with Gasteiger partial charge in [-0.1, -0.05) is 36.4 Å². The Kier molecular flexibility index (Phi) is 4.95. The highest BCUT2D eigenvalue weighted by molar-refractivity contribution is 5.96. The van der Waals surface area contributed by atoms with E-state index in [4.69, 9.17) is 5.73 Å². The quantitative estimate of drug-likeness (QED) is 0.568. The third kappa shape index (κ3) is 3.80. The highest BCUT2D eigenvalue weighted by Gasteiger charge is 2.21. The number of hydrogen-bond donors (Lipinski definition) is 1. The Morgan fingerprint density at radius 1 is 1.10 bits per heavy atom. The Hall–Kier alpha value is -3.74. The number of nitrogen functional groups attached to an aromatic ring is 1. The van der Waals surface area contributed by atoms with Crippen molar-refractivity contribution in [2.45, 2.75) is 26.4 Å². The van der Waals surface area contributed by atoms with Gasteiger partial charge in [0.15, 0.2) is 5.65 Å². The van der Waals surface area contributed by atoms with Crippen LogP contribution in [0.1, 0.15) is 29.8 Å². The van der Waals surface area contributed by atoms with E-state index in [0.29, 0.717) is 35.1 Å². The summed E-state index contributed by atoms with van der Waals surface area (Å²) in [6.45, 7) is 4.52. The summed E-state index contributed by atoms with van der Waals surface area (Å²) >= 11 is 0. The first-order valence-corrected chi connectivity index (χ1v) is 9.45. The zero-order valence-corrected chi connectivity index (χ0v) is 16.4. The number of fused-ring (bicyclic) bond motifs is 1. The molecule has 4 aromatic rings. The zero-order chi connectivity index (χ0) is 20.4. The molecule has 0 aliphatic carbocycles. The molecule has 0 bridgehead atoms. The largest absolute Gasteiger partial charge is 0.384 e. The summed E-state index contributed by atoms with van der Waals surface area (Å²) in [5, 5.41) is 4.42. The molecule has 0 fully saturated rings. The zero-order valence-electron chi connectivity index (χ0n) is 16.4. The molecule has 0 radical (unpaired) electrons. The fourth-order valence-electron chi connectivity index (χ4n) is 3.17. The minimum Gasteiger partial charge on any atom is -0.384 e. The van der Waals surface area contributed by atoms with Crippen molar-refractivity contribution in [3.8, 4) is 11.5 Å². The smallest absolute Gasteiger partial charge is 0.254 e. The lowest BCUT2D eigenvalue weighted by atomic mass is 10.1. The van der Waals surface area contributed by atoms with Crippen LogP contribution in [0.4, 0.5) is 5.82 Å². The molecule has 7 nitrogen and oxygen atoms in total. The van der Waals surface area contributed by atoms with E-state index in [1.54, 1.807) is 18.3 Å². The van der Waals surface area contributed by atoms with Crippen molar-refractivity contribution in [2.75, 3.05) is 5.73 Å². The first-order valence-electron chi connectivity index (χ1n) is 9.45. The maximum Gasteiger partial charge on any atom is 0.254 e. The maximum absolute atomic E-state index is 13.3. The van der Waals surface area contributed by atoms with Gasteiger partial charge in [-0.05, 0) is 43.7 Å². The summed E-state index contributed by atoms with van der Waals surface area (Å²) in [4.78, 5) is 23.9. The van der Waals surface area contributed by atoms with Gasteiger partial charge in [-0.15, -0.1) is 5.10 Å². The van der Waals surface area contributed by atoms with Crippen molar-refractivity contribution in [3.05, 3.63) is 78.0 Å². The number of carbonyl (C=O) groups excluding carboxylic acids is 1. The molecule has 0 aliphatic rings. The van der Waals surface area contributed by atoms with Crippen molar-refractivity contribution < 1.29 is 4.79 Å². The lowest BCUT2D eigenvalue weighted by molar-refractivity contribution is 0.0690. The van der Waals surface area contributed by atoms with E-state index in [-0.39, 0.29) is 11.9 Å². The molecule has 3 aromatic heterocycles. The van der Waals surface area contributed by atoms with Gasteiger partial charge >= 0.3 is 0 Å². The maximum atomic E-state index is 13.3. The van der Waals surface area contributed by atoms with Crippen LogP contribution in [-0.4, -0.2) is 36.4 Å². The fourth-order valence-corrected chi connectivity index (χ4v) is 3.17. The Morgan fingerprint density at radius 2 is 1.86 bits per heavy atom. The highest BCUT2D eigenvalue weighted by Crippen LogP contribution is 2.20. The van der Waals surface area contributed by atoms with Crippen LogP contribution in [0, 0.1) is 0 Å². The van der Waals surface area contributed by atoms with Gasteiger partial charge in [-0.25, -0.2) is 4.98 Å². The van der Waals surface area contributed by atoms with Gasteiger partial charge in [-0.2, -0.15) is 4.52 Å². The number of amides is 1. The SMILES string of the molecule is CC(C)N(Cc1ccccc1)C(=O)c1cc(N)n2nc(-c3ccccn3)nc2c1. The summed E-state index contributed by atoms with van der Waals surface area (Å²) in [6, 6.07) is 18.9. The fraction of sp³-hybridized carbons (Fsp3) is 0.182. The highest BCUT2D eigenvalue weighted by atomic mass is 16.2. The van der Waals surface area contributed by atoms with Gasteiger partial charge in [-0.3, -0.25) is 9.78 Å². The number of nitrogens with two attached hydrogens (primary N) is 1. The van der Waals surface area contributed by atoms with Crippen LogP contribution in [0.2, 0.25) is 0 Å². The van der Waals surface area contributed by atoms with Crippen molar-refractivity contribution in [1.82, 2.24) is 24.5 Å². The molecule has 1 amide bonds. The molecule has 4 rings (SSSR count). The molecule has 29 heavy (non-hydrogen) atoms. The summed E-state index contributed by atoms with van der Waals surface area (Å²) in [6.07, 6.45) is 1.68. The summed E-state index contributed by atoms with van der Waals surface area (Å²) in [5.41, 5.74) is 8.90. The Labute approximate surface area is 168 Å². The van der Waals surface area contributed by atoms with Gasteiger partial charge in [0.05, 0.1) is 0 Å². The molecule has 0 spiro atoms. The Morgan fingerprint density at radius 3 is 2.55 bits per heavy atom. The standard InChI is InChI=1S/C22H22N6O/c1-15(2)27(14-16-8-4-3-5-9-16)22(29)17-12-19(23)28-20(13-17)25-21(26-28)18-10-6-7-11-24-18/h3-13,15H,14,23H2,1-2H3. The minimum atomic E-state index is -0.0968. The normalized spacial score (nSPS) is 11.1. The summed E-state index contributed by atoms with van der Waals surface area (Å²) in [7, 11) is 0. The van der Waals surface area contributed by atoms with Crippen molar-refractivity contribution in [1.29, 1.82) is 0 Å². The number of benzene rings is 1. The van der Waals surface area contributed by atoms with E-state index in [1.165, 1.54) is 4.52 Å². The summed E-state index contributed by atoms with van der Waals surface area (Å²) < 4.78 is 1.53. The Balaban J connectivity index is 1.69. The average molecular weight is 386 g/mol. The number of rotatable bonds is 5. The van der Waals surface area contributed by atoms with Crippen LogP contribution < -0.4 is 5.73 Å². The van der Waals surface area contributed by atoms with Crippen molar-refractivity contribution in [3.63, 3.8) is 0 Å². The third-order valence-corrected chi connectivity index (χ3v) is 4.69. The van der Waals surface area contributed by atoms with E-state index in [2.05, 4.69) is 15.1 Å². The molecule has 7 heteroatoms. The first-order chi connectivity index (χ1) is 14.0. The van der Waals surface area contributed by atoms with Crippen LogP contribution in [0.5, 0.6) is 0 Å². The van der Waals surface area contributed by atoms with Gasteiger partial charge in [0.1, 0.15) is 11.5 Å². The lowest BCUT2D eigenvalue weighted by Gasteiger charge is -2.27. The molecule has 1 aromatic carbocycles. The summed E-state index contributed by atoms with van der Waals surface area (Å²) in [5.74, 6) is 0.719. The molecule has 3 heterocycles. The monoisotopic (exact) mass is 386 g/mol. The van der Waals surface area contributed by atoms with E-state index in [9.17, 15) is 4.79 Å². The average Bonchev–Trinajstić information content (AvgIpc) is 3.18. The number of carbonyl (C=O) groups is 1. The topological polar surface area (TPSA) is 89.4 Å². The van der Waals surface area contributed by atoms with E-state index in [1.807, 2.05) is 67.3 Å². The molecular weight excluding hydrogens is 364 g/mol.